The predicted molar refractivity (Wildman–Crippen MR) is 78.5 cm³/mol. The number of hydrogen-bond acceptors (Lipinski definition) is 5. The molecule has 5 nitrogen and oxygen atoms in total. The molecule has 0 radical (unpaired) electrons. The number of carbonyl (C=O) groups excluding carboxylic acids is 2. The minimum Gasteiger partial charge on any atom is -0.462 e. The van der Waals surface area contributed by atoms with Crippen molar-refractivity contribution in [3.63, 3.8) is 0 Å². The highest BCUT2D eigenvalue weighted by molar-refractivity contribution is 5.92. The molecule has 22 heavy (non-hydrogen) atoms. The Hall–Kier alpha value is -1.62. The second-order valence-corrected chi connectivity index (χ2v) is 7.00. The third-order valence-electron chi connectivity index (χ3n) is 5.56. The van der Waals surface area contributed by atoms with Crippen molar-refractivity contribution >= 4 is 11.9 Å². The molecular formula is C17H22O5. The quantitative estimate of drug-likeness (QED) is 0.594. The first kappa shape index (κ1) is 15.3. The van der Waals surface area contributed by atoms with Crippen LogP contribution in [0.25, 0.3) is 0 Å². The Morgan fingerprint density at radius 3 is 2.77 bits per heavy atom. The lowest BCUT2D eigenvalue weighted by Gasteiger charge is -2.52. The fourth-order valence-corrected chi connectivity index (χ4v) is 4.35. The van der Waals surface area contributed by atoms with E-state index in [2.05, 4.69) is 13.0 Å². The fraction of sp³-hybridized carbons (Fsp3) is 0.647. The van der Waals surface area contributed by atoms with Gasteiger partial charge < -0.3 is 14.6 Å². The van der Waals surface area contributed by atoms with Gasteiger partial charge in [-0.3, -0.25) is 4.79 Å². The van der Waals surface area contributed by atoms with Crippen LogP contribution in [0.5, 0.6) is 0 Å². The zero-order chi connectivity index (χ0) is 16.3. The Labute approximate surface area is 130 Å². The largest absolute Gasteiger partial charge is 0.462 e. The van der Waals surface area contributed by atoms with E-state index in [1.165, 1.54) is 12.5 Å². The molecule has 4 atom stereocenters. The van der Waals surface area contributed by atoms with Crippen molar-refractivity contribution in [2.45, 2.75) is 58.8 Å². The van der Waals surface area contributed by atoms with Crippen LogP contribution in [0.3, 0.4) is 0 Å². The van der Waals surface area contributed by atoms with Crippen molar-refractivity contribution in [1.29, 1.82) is 0 Å². The van der Waals surface area contributed by atoms with Gasteiger partial charge in [-0.05, 0) is 26.2 Å². The SMILES string of the molecule is CC(=O)OC1CC=C(C)C2CC3=C(C)C(=O)OC3(O)CC12C. The van der Waals surface area contributed by atoms with E-state index in [0.29, 0.717) is 24.0 Å². The highest BCUT2D eigenvalue weighted by atomic mass is 16.7. The third-order valence-corrected chi connectivity index (χ3v) is 5.56. The Morgan fingerprint density at radius 2 is 2.14 bits per heavy atom. The summed E-state index contributed by atoms with van der Waals surface area (Å²) in [4.78, 5) is 23.3. The molecule has 0 aromatic rings. The zero-order valence-electron chi connectivity index (χ0n) is 13.4. The number of ether oxygens (including phenoxy) is 2. The monoisotopic (exact) mass is 306 g/mol. The summed E-state index contributed by atoms with van der Waals surface area (Å²) >= 11 is 0. The maximum Gasteiger partial charge on any atom is 0.336 e. The smallest absolute Gasteiger partial charge is 0.336 e. The Kier molecular flexibility index (Phi) is 3.25. The highest BCUT2D eigenvalue weighted by Gasteiger charge is 2.60. The number of carbonyl (C=O) groups is 2. The van der Waals surface area contributed by atoms with Crippen LogP contribution in [-0.4, -0.2) is 28.9 Å². The molecule has 5 heteroatoms. The molecule has 0 aromatic heterocycles. The lowest BCUT2D eigenvalue weighted by Crippen LogP contribution is -2.54. The van der Waals surface area contributed by atoms with Gasteiger partial charge in [-0.15, -0.1) is 0 Å². The van der Waals surface area contributed by atoms with Crippen molar-refractivity contribution < 1.29 is 24.2 Å². The van der Waals surface area contributed by atoms with Gasteiger partial charge in [-0.25, -0.2) is 4.79 Å². The lowest BCUT2D eigenvalue weighted by molar-refractivity contribution is -0.215. The number of aliphatic hydroxyl groups is 1. The van der Waals surface area contributed by atoms with E-state index in [-0.39, 0.29) is 24.4 Å². The number of allylic oxidation sites excluding steroid dienone is 1. The standard InChI is InChI=1S/C17H22O5/c1-9-5-6-14(21-11(3)18)16(4)8-17(20)13(7-12(9)16)10(2)15(19)22-17/h5,12,14,20H,6-8H2,1-4H3. The van der Waals surface area contributed by atoms with Crippen LogP contribution >= 0.6 is 0 Å². The summed E-state index contributed by atoms with van der Waals surface area (Å²) in [5, 5.41) is 10.8. The molecule has 120 valence electrons. The average molecular weight is 306 g/mol. The van der Waals surface area contributed by atoms with Crippen molar-refractivity contribution in [2.75, 3.05) is 0 Å². The van der Waals surface area contributed by atoms with E-state index in [1.807, 2.05) is 6.92 Å². The first-order valence-electron chi connectivity index (χ1n) is 7.67. The number of rotatable bonds is 1. The van der Waals surface area contributed by atoms with Crippen molar-refractivity contribution in [2.24, 2.45) is 11.3 Å². The molecule has 1 N–H and O–H groups in total. The minimum absolute atomic E-state index is 0.130. The minimum atomic E-state index is -1.55. The van der Waals surface area contributed by atoms with Crippen LogP contribution in [0.1, 0.15) is 47.0 Å². The van der Waals surface area contributed by atoms with Crippen molar-refractivity contribution in [3.8, 4) is 0 Å². The van der Waals surface area contributed by atoms with Crippen molar-refractivity contribution in [3.05, 3.63) is 22.8 Å². The zero-order valence-corrected chi connectivity index (χ0v) is 13.4. The second kappa shape index (κ2) is 4.69. The van der Waals surface area contributed by atoms with Gasteiger partial charge in [0.1, 0.15) is 6.10 Å². The van der Waals surface area contributed by atoms with Gasteiger partial charge in [0, 0.05) is 36.3 Å². The van der Waals surface area contributed by atoms with E-state index in [1.54, 1.807) is 6.92 Å². The summed E-state index contributed by atoms with van der Waals surface area (Å²) in [6, 6.07) is 0. The average Bonchev–Trinajstić information content (AvgIpc) is 2.61. The Morgan fingerprint density at radius 1 is 1.45 bits per heavy atom. The second-order valence-electron chi connectivity index (χ2n) is 7.00. The van der Waals surface area contributed by atoms with Gasteiger partial charge in [-0.2, -0.15) is 0 Å². The Balaban J connectivity index is 2.04. The van der Waals surface area contributed by atoms with Crippen LogP contribution in [0.4, 0.5) is 0 Å². The third kappa shape index (κ3) is 2.02. The normalized spacial score (nSPS) is 40.6. The first-order valence-corrected chi connectivity index (χ1v) is 7.67. The van der Waals surface area contributed by atoms with Crippen LogP contribution in [0.2, 0.25) is 0 Å². The highest BCUT2D eigenvalue weighted by Crippen LogP contribution is 2.58. The van der Waals surface area contributed by atoms with Gasteiger partial charge in [0.2, 0.25) is 5.79 Å². The lowest BCUT2D eigenvalue weighted by atomic mass is 9.56. The molecule has 2 aliphatic carbocycles. The van der Waals surface area contributed by atoms with E-state index in [4.69, 9.17) is 9.47 Å². The van der Waals surface area contributed by atoms with Crippen LogP contribution in [0, 0.1) is 11.3 Å². The number of esters is 2. The molecule has 1 saturated carbocycles. The maximum atomic E-state index is 11.9. The number of fused-ring (bicyclic) bond motifs is 2. The number of hydrogen-bond donors (Lipinski definition) is 1. The molecule has 0 aromatic carbocycles. The van der Waals surface area contributed by atoms with Crippen LogP contribution < -0.4 is 0 Å². The van der Waals surface area contributed by atoms with Gasteiger partial charge in [0.15, 0.2) is 0 Å². The Bertz CT molecular complexity index is 617. The van der Waals surface area contributed by atoms with E-state index >= 15 is 0 Å². The molecule has 1 fully saturated rings. The molecule has 1 aliphatic heterocycles. The van der Waals surface area contributed by atoms with Crippen LogP contribution in [0.15, 0.2) is 22.8 Å². The molecule has 3 rings (SSSR count). The molecule has 0 spiro atoms. The summed E-state index contributed by atoms with van der Waals surface area (Å²) in [5.41, 5.74) is 1.95. The van der Waals surface area contributed by atoms with Gasteiger partial charge >= 0.3 is 11.9 Å². The molecule has 3 aliphatic rings. The summed E-state index contributed by atoms with van der Waals surface area (Å²) in [6.07, 6.45) is 3.22. The summed E-state index contributed by atoms with van der Waals surface area (Å²) in [5.74, 6) is -2.20. The summed E-state index contributed by atoms with van der Waals surface area (Å²) in [7, 11) is 0. The van der Waals surface area contributed by atoms with Gasteiger partial charge in [0.05, 0.1) is 0 Å². The fourth-order valence-electron chi connectivity index (χ4n) is 4.35. The molecule has 4 unspecified atom stereocenters. The van der Waals surface area contributed by atoms with Gasteiger partial charge in [-0.1, -0.05) is 18.6 Å². The molecular weight excluding hydrogens is 284 g/mol. The maximum absolute atomic E-state index is 11.9. The van der Waals surface area contributed by atoms with E-state index < -0.39 is 17.2 Å². The molecule has 1 heterocycles. The first-order chi connectivity index (χ1) is 10.2. The summed E-state index contributed by atoms with van der Waals surface area (Å²) in [6.45, 7) is 7.17. The molecule has 0 amide bonds. The predicted octanol–water partition coefficient (Wildman–Crippen LogP) is 2.25. The summed E-state index contributed by atoms with van der Waals surface area (Å²) < 4.78 is 10.8. The van der Waals surface area contributed by atoms with E-state index in [9.17, 15) is 14.7 Å². The van der Waals surface area contributed by atoms with E-state index in [0.717, 1.165) is 0 Å². The van der Waals surface area contributed by atoms with Crippen LogP contribution in [-0.2, 0) is 19.1 Å². The molecule has 0 saturated heterocycles. The van der Waals surface area contributed by atoms with Gasteiger partial charge in [0.25, 0.3) is 0 Å². The topological polar surface area (TPSA) is 72.8 Å². The molecule has 0 bridgehead atoms. The van der Waals surface area contributed by atoms with Crippen molar-refractivity contribution in [1.82, 2.24) is 0 Å².